The summed E-state index contributed by atoms with van der Waals surface area (Å²) in [6, 6.07) is 8.99. The Balaban J connectivity index is 1.52. The molecule has 0 radical (unpaired) electrons. The van der Waals surface area contributed by atoms with E-state index in [4.69, 9.17) is 15.2 Å². The van der Waals surface area contributed by atoms with E-state index < -0.39 is 60.1 Å². The lowest BCUT2D eigenvalue weighted by atomic mass is 9.93. The van der Waals surface area contributed by atoms with E-state index in [0.717, 1.165) is 30.6 Å². The third-order valence-corrected chi connectivity index (χ3v) is 7.49. The molecular weight excluding hydrogens is 679 g/mol. The summed E-state index contributed by atoms with van der Waals surface area (Å²) in [5, 5.41) is 13.3. The quantitative estimate of drug-likeness (QED) is 0.163. The van der Waals surface area contributed by atoms with Gasteiger partial charge in [0.15, 0.2) is 0 Å². The number of carbonyl (C=O) groups excluding carboxylic acids is 2. The number of aliphatic hydroxyl groups is 1. The van der Waals surface area contributed by atoms with E-state index in [1.54, 1.807) is 6.92 Å². The smallest absolute Gasteiger partial charge is 0.451 e. The zero-order chi connectivity index (χ0) is 36.4. The highest BCUT2D eigenvalue weighted by Crippen LogP contribution is 2.42. The summed E-state index contributed by atoms with van der Waals surface area (Å²) in [6.07, 6.45) is -7.91. The number of carbonyl (C=O) groups is 2. The van der Waals surface area contributed by atoms with Gasteiger partial charge in [-0.3, -0.25) is 9.59 Å². The molecule has 1 aliphatic carbocycles. The molecule has 2 amide bonds. The Morgan fingerprint density at radius 1 is 0.980 bits per heavy atom. The molecule has 1 aliphatic rings. The van der Waals surface area contributed by atoms with Gasteiger partial charge in [0.25, 0.3) is 5.91 Å². The van der Waals surface area contributed by atoms with Crippen LogP contribution in [0, 0.1) is 5.82 Å². The maximum Gasteiger partial charge on any atom is 0.451 e. The van der Waals surface area contributed by atoms with Crippen LogP contribution < -0.4 is 20.5 Å². The lowest BCUT2D eigenvalue weighted by Gasteiger charge is -2.31. The van der Waals surface area contributed by atoms with Crippen LogP contribution in [0.25, 0.3) is 22.4 Å². The van der Waals surface area contributed by atoms with Crippen LogP contribution in [-0.4, -0.2) is 57.3 Å². The molecule has 0 aliphatic heterocycles. The van der Waals surface area contributed by atoms with E-state index in [9.17, 15) is 45.4 Å². The molecule has 1 fully saturated rings. The second-order valence-corrected chi connectivity index (χ2v) is 11.3. The van der Waals surface area contributed by atoms with Crippen molar-refractivity contribution in [2.75, 3.05) is 13.2 Å². The fourth-order valence-corrected chi connectivity index (χ4v) is 4.85. The number of benzene rings is 2. The number of nitrogens with two attached hydrogens (primary N) is 1. The number of rotatable bonds is 12. The summed E-state index contributed by atoms with van der Waals surface area (Å²) in [6.45, 7) is 0.0818. The van der Waals surface area contributed by atoms with Crippen LogP contribution in [0.3, 0.4) is 0 Å². The van der Waals surface area contributed by atoms with Gasteiger partial charge in [0.1, 0.15) is 23.0 Å². The van der Waals surface area contributed by atoms with E-state index in [-0.39, 0.29) is 57.7 Å². The Morgan fingerprint density at radius 2 is 1.64 bits per heavy atom. The molecule has 0 bridgehead atoms. The Hall–Kier alpha value is -5.32. The Bertz CT molecular complexity index is 1880. The molecule has 2 heterocycles. The number of aromatic nitrogens is 3. The van der Waals surface area contributed by atoms with Crippen LogP contribution in [0.4, 0.5) is 30.7 Å². The van der Waals surface area contributed by atoms with E-state index in [2.05, 4.69) is 15.0 Å². The normalized spacial score (nSPS) is 14.5. The number of hydrogen-bond donors (Lipinski definition) is 3. The number of pyridine rings is 1. The van der Waals surface area contributed by atoms with Crippen LogP contribution in [0.5, 0.6) is 11.5 Å². The molecule has 2 aromatic heterocycles. The van der Waals surface area contributed by atoms with Crippen LogP contribution in [-0.2, 0) is 23.0 Å². The van der Waals surface area contributed by atoms with Crippen molar-refractivity contribution in [1.82, 2.24) is 20.3 Å². The number of halogens is 7. The monoisotopic (exact) mass is 707 g/mol. The molecule has 5 rings (SSSR count). The highest BCUT2D eigenvalue weighted by molar-refractivity contribution is 5.96. The maximum absolute atomic E-state index is 14.7. The lowest BCUT2D eigenvalue weighted by molar-refractivity contribution is -0.265. The molecule has 0 saturated heterocycles. The molecule has 1 atom stereocenters. The van der Waals surface area contributed by atoms with Crippen molar-refractivity contribution in [3.8, 4) is 33.9 Å². The lowest BCUT2D eigenvalue weighted by Crippen LogP contribution is -2.51. The fraction of sp³-hybridized carbons (Fsp3) is 0.303. The van der Waals surface area contributed by atoms with Crippen molar-refractivity contribution < 1.29 is 54.9 Å². The van der Waals surface area contributed by atoms with Gasteiger partial charge in [0.2, 0.25) is 17.3 Å². The minimum Gasteiger partial charge on any atom is -0.491 e. The van der Waals surface area contributed by atoms with Gasteiger partial charge >= 0.3 is 12.4 Å². The summed E-state index contributed by atoms with van der Waals surface area (Å²) in [7, 11) is 0. The van der Waals surface area contributed by atoms with Crippen LogP contribution in [0.2, 0.25) is 0 Å². The van der Waals surface area contributed by atoms with Gasteiger partial charge in [-0.05, 0) is 68.3 Å². The van der Waals surface area contributed by atoms with Gasteiger partial charge in [-0.25, -0.2) is 19.3 Å². The third-order valence-electron chi connectivity index (χ3n) is 7.49. The summed E-state index contributed by atoms with van der Waals surface area (Å²) < 4.78 is 108. The van der Waals surface area contributed by atoms with E-state index in [1.165, 1.54) is 30.3 Å². The molecule has 0 unspecified atom stereocenters. The average molecular weight is 708 g/mol. The van der Waals surface area contributed by atoms with E-state index in [1.807, 2.05) is 5.32 Å². The van der Waals surface area contributed by atoms with Gasteiger partial charge in [-0.15, -0.1) is 0 Å². The van der Waals surface area contributed by atoms with Crippen LogP contribution in [0.15, 0.2) is 60.9 Å². The number of ether oxygens (including phenoxy) is 2. The van der Waals surface area contributed by atoms with Gasteiger partial charge in [-0.2, -0.15) is 26.3 Å². The molecule has 0 spiro atoms. The number of alkyl halides is 6. The predicted octanol–water partition coefficient (Wildman–Crippen LogP) is 5.51. The van der Waals surface area contributed by atoms with Crippen LogP contribution in [0.1, 0.15) is 47.2 Å². The second-order valence-electron chi connectivity index (χ2n) is 11.3. The molecule has 1 saturated carbocycles. The van der Waals surface area contributed by atoms with Crippen LogP contribution >= 0.6 is 0 Å². The largest absolute Gasteiger partial charge is 0.491 e. The zero-order valence-corrected chi connectivity index (χ0v) is 26.0. The summed E-state index contributed by atoms with van der Waals surface area (Å²) in [5.74, 6) is -4.06. The van der Waals surface area contributed by atoms with E-state index in [0.29, 0.717) is 12.8 Å². The van der Waals surface area contributed by atoms with Gasteiger partial charge in [-0.1, -0.05) is 0 Å². The first-order valence-corrected chi connectivity index (χ1v) is 15.0. The zero-order valence-electron chi connectivity index (χ0n) is 26.0. The number of nitrogens with zero attached hydrogens (tertiary/aromatic N) is 3. The molecule has 50 heavy (non-hydrogen) atoms. The van der Waals surface area contributed by atoms with Crippen molar-refractivity contribution in [2.24, 2.45) is 5.73 Å². The predicted molar refractivity (Wildman–Crippen MR) is 162 cm³/mol. The maximum atomic E-state index is 14.7. The molecule has 17 heteroatoms. The van der Waals surface area contributed by atoms with Crippen molar-refractivity contribution in [1.29, 1.82) is 0 Å². The second kappa shape index (κ2) is 13.9. The first kappa shape index (κ1) is 36.0. The van der Waals surface area contributed by atoms with Crippen molar-refractivity contribution in [3.05, 3.63) is 89.4 Å². The molecule has 4 N–H and O–H groups in total. The summed E-state index contributed by atoms with van der Waals surface area (Å²) in [4.78, 5) is 35.9. The van der Waals surface area contributed by atoms with Crippen molar-refractivity contribution >= 4 is 11.8 Å². The number of amides is 2. The van der Waals surface area contributed by atoms with Crippen molar-refractivity contribution in [3.63, 3.8) is 0 Å². The van der Waals surface area contributed by atoms with Gasteiger partial charge in [0.05, 0.1) is 31.4 Å². The summed E-state index contributed by atoms with van der Waals surface area (Å²) >= 11 is 0. The molecule has 10 nitrogen and oxygen atoms in total. The van der Waals surface area contributed by atoms with Gasteiger partial charge < -0.3 is 25.6 Å². The number of nitrogens with one attached hydrogen (secondary N) is 1. The van der Waals surface area contributed by atoms with E-state index >= 15 is 0 Å². The highest BCUT2D eigenvalue weighted by atomic mass is 19.4. The SMILES string of the molecule is CCOc1c(CC(N)=O)cc([C@@](O)(CNC(=O)c2ccc(OC3CC3)c(-c3cnc(C(F)(F)F)nc3)c2)C(F)(F)F)nc1-c1ccc(F)cc1. The first-order valence-electron chi connectivity index (χ1n) is 15.0. The topological polar surface area (TPSA) is 150 Å². The fourth-order valence-electron chi connectivity index (χ4n) is 4.85. The molecule has 4 aromatic rings. The Kier molecular flexibility index (Phi) is 9.99. The minimum absolute atomic E-state index is 0.00828. The molecular formula is C33H28F7N5O5. The summed E-state index contributed by atoms with van der Waals surface area (Å²) in [5.41, 5.74) is 0.0248. The molecule has 264 valence electrons. The van der Waals surface area contributed by atoms with Gasteiger partial charge in [0, 0.05) is 40.2 Å². The first-order chi connectivity index (χ1) is 23.5. The average Bonchev–Trinajstić information content (AvgIpc) is 3.88. The highest BCUT2D eigenvalue weighted by Gasteiger charge is 2.57. The standard InChI is InChI=1S/C33H28F7N5O5/c1-2-49-28-19(13-26(41)46)12-25(45-27(28)17-3-6-21(34)7-4-17)31(48,33(38,39)40)16-44-29(47)18-5-10-24(50-22-8-9-22)23(11-18)20-14-42-30(43-15-20)32(35,36)37/h3-7,10-12,14-15,22,48H,2,8-9,13,16H2,1H3,(H2,41,46)(H,44,47)/t31-/m0/s1. The molecule has 2 aromatic carbocycles. The third kappa shape index (κ3) is 7.93. The number of primary amides is 1. The number of hydrogen-bond acceptors (Lipinski definition) is 8. The Morgan fingerprint density at radius 3 is 2.20 bits per heavy atom. The Labute approximate surface area is 279 Å². The van der Waals surface area contributed by atoms with Crippen molar-refractivity contribution in [2.45, 2.75) is 50.2 Å². The minimum atomic E-state index is -5.46.